The van der Waals surface area contributed by atoms with Crippen molar-refractivity contribution in [2.75, 3.05) is 20.3 Å². The van der Waals surface area contributed by atoms with Crippen LogP contribution in [0.1, 0.15) is 48.9 Å². The minimum atomic E-state index is -1.62. The van der Waals surface area contributed by atoms with Crippen LogP contribution in [0.25, 0.3) is 0 Å². The van der Waals surface area contributed by atoms with E-state index in [-0.39, 0.29) is 12.1 Å². The molecule has 1 saturated heterocycles. The van der Waals surface area contributed by atoms with Gasteiger partial charge in [0.1, 0.15) is 0 Å². The molecule has 0 unspecified atom stereocenters. The van der Waals surface area contributed by atoms with E-state index in [0.717, 1.165) is 31.6 Å². The number of benzene rings is 1. The zero-order valence-electron chi connectivity index (χ0n) is 15.3. The smallest absolute Gasteiger partial charge is 0.257 e. The maximum absolute atomic E-state index is 14.1. The molecule has 1 aromatic carbocycles. The van der Waals surface area contributed by atoms with E-state index < -0.39 is 34.5 Å². The van der Waals surface area contributed by atoms with Crippen molar-refractivity contribution in [1.29, 1.82) is 0 Å². The van der Waals surface area contributed by atoms with Gasteiger partial charge in [-0.3, -0.25) is 4.79 Å². The zero-order valence-corrected chi connectivity index (χ0v) is 15.3. The van der Waals surface area contributed by atoms with Crippen LogP contribution in [0.3, 0.4) is 0 Å². The molecule has 3 aliphatic rings. The van der Waals surface area contributed by atoms with Gasteiger partial charge in [0, 0.05) is 20.3 Å². The highest BCUT2D eigenvalue weighted by molar-refractivity contribution is 5.95. The molecule has 0 bridgehead atoms. The lowest BCUT2D eigenvalue weighted by Gasteiger charge is -2.43. The number of hydrogen-bond donors (Lipinski definition) is 0. The highest BCUT2D eigenvalue weighted by Gasteiger charge is 2.53. The third kappa shape index (κ3) is 3.36. The van der Waals surface area contributed by atoms with Crippen molar-refractivity contribution in [3.8, 4) is 0 Å². The van der Waals surface area contributed by atoms with E-state index in [9.17, 15) is 18.0 Å². The number of fused-ring (bicyclic) bond motifs is 1. The summed E-state index contributed by atoms with van der Waals surface area (Å²) >= 11 is 0. The van der Waals surface area contributed by atoms with Gasteiger partial charge in [0.25, 0.3) is 5.91 Å². The van der Waals surface area contributed by atoms with Crippen molar-refractivity contribution in [3.63, 3.8) is 0 Å². The molecule has 3 atom stereocenters. The monoisotopic (exact) mass is 383 g/mol. The Morgan fingerprint density at radius 2 is 1.96 bits per heavy atom. The van der Waals surface area contributed by atoms with Crippen LogP contribution in [-0.4, -0.2) is 48.8 Å². The summed E-state index contributed by atoms with van der Waals surface area (Å²) < 4.78 is 52.8. The molecule has 0 N–H and O–H groups in total. The Balaban J connectivity index is 1.55. The van der Waals surface area contributed by atoms with Crippen molar-refractivity contribution in [3.05, 3.63) is 35.1 Å². The molecule has 1 amide bonds. The lowest BCUT2D eigenvalue weighted by atomic mass is 9.79. The summed E-state index contributed by atoms with van der Waals surface area (Å²) in [6, 6.07) is 1.53. The lowest BCUT2D eigenvalue weighted by Crippen LogP contribution is -2.53. The third-order valence-electron chi connectivity index (χ3n) is 6.33. The van der Waals surface area contributed by atoms with Crippen molar-refractivity contribution < 1.29 is 27.4 Å². The predicted molar refractivity (Wildman–Crippen MR) is 91.8 cm³/mol. The molecule has 0 radical (unpaired) electrons. The number of ether oxygens (including phenoxy) is 2. The number of methoxy groups -OCH3 is 1. The minimum absolute atomic E-state index is 0.0297. The molecule has 3 fully saturated rings. The highest BCUT2D eigenvalue weighted by atomic mass is 19.2. The molecule has 2 aliphatic carbocycles. The van der Waals surface area contributed by atoms with Gasteiger partial charge in [0.2, 0.25) is 0 Å². The van der Waals surface area contributed by atoms with E-state index in [1.54, 1.807) is 12.0 Å². The molecule has 4 nitrogen and oxygen atoms in total. The van der Waals surface area contributed by atoms with Crippen LogP contribution in [0.15, 0.2) is 12.1 Å². The fraction of sp³-hybridized carbons (Fsp3) is 0.650. The van der Waals surface area contributed by atoms with Crippen molar-refractivity contribution in [2.45, 2.75) is 56.3 Å². The van der Waals surface area contributed by atoms with Gasteiger partial charge in [-0.05, 0) is 56.6 Å². The average molecular weight is 383 g/mol. The van der Waals surface area contributed by atoms with Gasteiger partial charge in [-0.1, -0.05) is 0 Å². The molecule has 7 heteroatoms. The van der Waals surface area contributed by atoms with E-state index >= 15 is 0 Å². The maximum atomic E-state index is 14.1. The largest absolute Gasteiger partial charge is 0.378 e. The fourth-order valence-electron chi connectivity index (χ4n) is 4.46. The second-order valence-electron chi connectivity index (χ2n) is 7.93. The van der Waals surface area contributed by atoms with E-state index in [4.69, 9.17) is 9.47 Å². The van der Waals surface area contributed by atoms with E-state index in [2.05, 4.69) is 0 Å². The minimum Gasteiger partial charge on any atom is -0.378 e. The van der Waals surface area contributed by atoms with Crippen LogP contribution in [-0.2, 0) is 9.47 Å². The molecular weight excluding hydrogens is 359 g/mol. The number of carbonyl (C=O) groups is 1. The quantitative estimate of drug-likeness (QED) is 0.728. The summed E-state index contributed by atoms with van der Waals surface area (Å²) in [6.07, 6.45) is 5.31. The molecule has 1 heterocycles. The topological polar surface area (TPSA) is 38.8 Å². The zero-order chi connectivity index (χ0) is 19.2. The summed E-state index contributed by atoms with van der Waals surface area (Å²) in [6.45, 7) is 1.13. The van der Waals surface area contributed by atoms with Gasteiger partial charge in [-0.2, -0.15) is 0 Å². The van der Waals surface area contributed by atoms with Gasteiger partial charge in [-0.25, -0.2) is 13.2 Å². The number of likely N-dealkylation sites (tertiary alicyclic amines) is 1. The summed E-state index contributed by atoms with van der Waals surface area (Å²) in [4.78, 5) is 14.5. The van der Waals surface area contributed by atoms with Crippen molar-refractivity contribution in [2.24, 2.45) is 5.92 Å². The molecule has 148 valence electrons. The first-order valence-electron chi connectivity index (χ1n) is 9.56. The Hall–Kier alpha value is -1.60. The van der Waals surface area contributed by atoms with Crippen molar-refractivity contribution >= 4 is 5.91 Å². The van der Waals surface area contributed by atoms with E-state index in [1.807, 2.05) is 0 Å². The number of hydrogen-bond acceptors (Lipinski definition) is 3. The number of rotatable bonds is 5. The summed E-state index contributed by atoms with van der Waals surface area (Å²) in [5, 5.41) is 0. The van der Waals surface area contributed by atoms with Gasteiger partial charge in [-0.15, -0.1) is 0 Å². The van der Waals surface area contributed by atoms with E-state index in [0.29, 0.717) is 25.3 Å². The molecule has 4 rings (SSSR count). The Morgan fingerprint density at radius 1 is 1.19 bits per heavy atom. The summed E-state index contributed by atoms with van der Waals surface area (Å²) in [7, 11) is 1.63. The molecule has 27 heavy (non-hydrogen) atoms. The number of halogens is 3. The number of nitrogens with zero attached hydrogens (tertiary/aromatic N) is 1. The van der Waals surface area contributed by atoms with Crippen LogP contribution >= 0.6 is 0 Å². The van der Waals surface area contributed by atoms with Gasteiger partial charge in [0.15, 0.2) is 17.5 Å². The van der Waals surface area contributed by atoms with E-state index in [1.165, 1.54) is 12.8 Å². The predicted octanol–water partition coefficient (Wildman–Crippen LogP) is 3.68. The van der Waals surface area contributed by atoms with Crippen LogP contribution in [0.2, 0.25) is 0 Å². The number of amides is 1. The van der Waals surface area contributed by atoms with Crippen LogP contribution in [0, 0.1) is 23.4 Å². The van der Waals surface area contributed by atoms with Crippen LogP contribution in [0.4, 0.5) is 13.2 Å². The average Bonchev–Trinajstić information content (AvgIpc) is 3.43. The van der Waals surface area contributed by atoms with Crippen molar-refractivity contribution in [1.82, 2.24) is 4.90 Å². The maximum Gasteiger partial charge on any atom is 0.257 e. The van der Waals surface area contributed by atoms with Crippen LogP contribution < -0.4 is 0 Å². The first-order chi connectivity index (χ1) is 12.9. The summed E-state index contributed by atoms with van der Waals surface area (Å²) in [5.41, 5.74) is -0.925. The molecule has 1 aliphatic heterocycles. The molecule has 0 aromatic heterocycles. The first-order valence-corrected chi connectivity index (χ1v) is 9.56. The van der Waals surface area contributed by atoms with Gasteiger partial charge in [0.05, 0.1) is 23.3 Å². The Kier molecular flexibility index (Phi) is 4.93. The Labute approximate surface area is 156 Å². The second-order valence-corrected chi connectivity index (χ2v) is 7.93. The SMILES string of the molecule is CO[C@@]12CC[C@@H](OCC3CC3)C[C@@H]1N(C(=O)c1ccc(F)c(F)c1F)CC2. The second kappa shape index (κ2) is 7.09. The highest BCUT2D eigenvalue weighted by Crippen LogP contribution is 2.44. The third-order valence-corrected chi connectivity index (χ3v) is 6.33. The van der Waals surface area contributed by atoms with Gasteiger partial charge >= 0.3 is 0 Å². The fourth-order valence-corrected chi connectivity index (χ4v) is 4.46. The first kappa shape index (κ1) is 18.7. The van der Waals surface area contributed by atoms with Crippen LogP contribution in [0.5, 0.6) is 0 Å². The normalized spacial score (nSPS) is 30.4. The Bertz CT molecular complexity index is 739. The number of carbonyl (C=O) groups excluding carboxylic acids is 1. The standard InChI is InChI=1S/C20H24F3NO3/c1-26-20-7-6-13(27-11-12-2-3-12)10-16(20)24(9-8-20)19(25)14-4-5-15(21)18(23)17(14)22/h4-5,12-13,16H,2-3,6-11H2,1H3/t13-,16+,20-/m1/s1. The molecular formula is C20H24F3NO3. The summed E-state index contributed by atoms with van der Waals surface area (Å²) in [5.74, 6) is -4.34. The lowest BCUT2D eigenvalue weighted by molar-refractivity contribution is -0.0977. The molecule has 0 spiro atoms. The van der Waals surface area contributed by atoms with Gasteiger partial charge < -0.3 is 14.4 Å². The Morgan fingerprint density at radius 3 is 2.67 bits per heavy atom. The molecule has 2 saturated carbocycles. The molecule has 1 aromatic rings.